The second-order valence-electron chi connectivity index (χ2n) is 5.63. The first-order chi connectivity index (χ1) is 11.6. The molecular weight excluding hydrogens is 311 g/mol. The van der Waals surface area contributed by atoms with Crippen molar-refractivity contribution in [1.29, 1.82) is 0 Å². The Balaban J connectivity index is 1.57. The SMILES string of the molecule is NC[C@H]1CC[C@@H](C(=O)Nc2ccc(Oc3cccc(F)c3)cc2)O1. The third-order valence-electron chi connectivity index (χ3n) is 3.82. The summed E-state index contributed by atoms with van der Waals surface area (Å²) in [6, 6.07) is 12.8. The first kappa shape index (κ1) is 16.4. The Bertz CT molecular complexity index is 706. The van der Waals surface area contributed by atoms with Gasteiger partial charge in [-0.2, -0.15) is 0 Å². The molecule has 1 aliphatic heterocycles. The average Bonchev–Trinajstić information content (AvgIpc) is 3.06. The maximum absolute atomic E-state index is 13.1. The highest BCUT2D eigenvalue weighted by molar-refractivity contribution is 5.94. The van der Waals surface area contributed by atoms with E-state index in [1.165, 1.54) is 12.1 Å². The van der Waals surface area contributed by atoms with E-state index in [4.69, 9.17) is 15.2 Å². The van der Waals surface area contributed by atoms with Gasteiger partial charge in [0.1, 0.15) is 23.4 Å². The molecule has 1 aliphatic rings. The molecule has 24 heavy (non-hydrogen) atoms. The van der Waals surface area contributed by atoms with Crippen molar-refractivity contribution in [2.45, 2.75) is 25.0 Å². The van der Waals surface area contributed by atoms with E-state index in [0.29, 0.717) is 30.2 Å². The standard InChI is InChI=1S/C18H19FN2O3/c19-12-2-1-3-15(10-12)23-14-6-4-13(5-7-14)21-18(22)17-9-8-16(11-20)24-17/h1-7,10,16-17H,8-9,11,20H2,(H,21,22)/t16-,17+/m1/s1. The predicted molar refractivity (Wildman–Crippen MR) is 88.5 cm³/mol. The molecule has 0 aromatic heterocycles. The average molecular weight is 330 g/mol. The zero-order valence-electron chi connectivity index (χ0n) is 13.1. The van der Waals surface area contributed by atoms with Crippen LogP contribution in [0.3, 0.4) is 0 Å². The minimum Gasteiger partial charge on any atom is -0.457 e. The minimum atomic E-state index is -0.457. The van der Waals surface area contributed by atoms with Gasteiger partial charge in [0, 0.05) is 18.3 Å². The molecule has 0 aliphatic carbocycles. The number of benzene rings is 2. The molecule has 3 N–H and O–H groups in total. The summed E-state index contributed by atoms with van der Waals surface area (Å²) >= 11 is 0. The normalized spacial score (nSPS) is 19.9. The van der Waals surface area contributed by atoms with E-state index in [2.05, 4.69) is 5.32 Å². The first-order valence-electron chi connectivity index (χ1n) is 7.84. The molecule has 1 amide bonds. The van der Waals surface area contributed by atoms with Crippen molar-refractivity contribution < 1.29 is 18.7 Å². The molecule has 3 rings (SSSR count). The van der Waals surface area contributed by atoms with Gasteiger partial charge < -0.3 is 20.5 Å². The molecule has 0 unspecified atom stereocenters. The summed E-state index contributed by atoms with van der Waals surface area (Å²) < 4.78 is 24.2. The number of rotatable bonds is 5. The molecule has 2 atom stereocenters. The number of ether oxygens (including phenoxy) is 2. The topological polar surface area (TPSA) is 73.6 Å². The Morgan fingerprint density at radius 1 is 1.21 bits per heavy atom. The first-order valence-corrected chi connectivity index (χ1v) is 7.84. The van der Waals surface area contributed by atoms with Gasteiger partial charge >= 0.3 is 0 Å². The molecule has 2 aromatic carbocycles. The Labute approximate surface area is 139 Å². The lowest BCUT2D eigenvalue weighted by atomic mass is 10.2. The van der Waals surface area contributed by atoms with Gasteiger partial charge in [0.15, 0.2) is 0 Å². The lowest BCUT2D eigenvalue weighted by Gasteiger charge is -2.13. The van der Waals surface area contributed by atoms with Gasteiger partial charge in [-0.1, -0.05) is 6.07 Å². The lowest BCUT2D eigenvalue weighted by molar-refractivity contribution is -0.126. The van der Waals surface area contributed by atoms with Crippen molar-refractivity contribution in [2.75, 3.05) is 11.9 Å². The Morgan fingerprint density at radius 3 is 2.67 bits per heavy atom. The lowest BCUT2D eigenvalue weighted by Crippen LogP contribution is -2.29. The molecule has 5 nitrogen and oxygen atoms in total. The van der Waals surface area contributed by atoms with E-state index in [-0.39, 0.29) is 17.8 Å². The van der Waals surface area contributed by atoms with E-state index < -0.39 is 6.10 Å². The molecule has 1 fully saturated rings. The molecule has 0 spiro atoms. The largest absolute Gasteiger partial charge is 0.457 e. The number of carbonyl (C=O) groups excluding carboxylic acids is 1. The van der Waals surface area contributed by atoms with Crippen LogP contribution in [-0.2, 0) is 9.53 Å². The van der Waals surface area contributed by atoms with Crippen LogP contribution < -0.4 is 15.8 Å². The molecule has 126 valence electrons. The van der Waals surface area contributed by atoms with Crippen LogP contribution in [0.15, 0.2) is 48.5 Å². The van der Waals surface area contributed by atoms with Gasteiger partial charge in [0.2, 0.25) is 0 Å². The van der Waals surface area contributed by atoms with Gasteiger partial charge in [-0.05, 0) is 49.2 Å². The van der Waals surface area contributed by atoms with E-state index in [1.807, 2.05) is 0 Å². The quantitative estimate of drug-likeness (QED) is 0.884. The summed E-state index contributed by atoms with van der Waals surface area (Å²) in [5.74, 6) is 0.436. The van der Waals surface area contributed by atoms with Crippen molar-refractivity contribution in [3.8, 4) is 11.5 Å². The highest BCUT2D eigenvalue weighted by Crippen LogP contribution is 2.24. The van der Waals surface area contributed by atoms with Crippen LogP contribution in [-0.4, -0.2) is 24.7 Å². The van der Waals surface area contributed by atoms with Gasteiger partial charge in [0.05, 0.1) is 6.10 Å². The van der Waals surface area contributed by atoms with Crippen molar-refractivity contribution in [2.24, 2.45) is 5.73 Å². The van der Waals surface area contributed by atoms with Gasteiger partial charge in [-0.25, -0.2) is 4.39 Å². The minimum absolute atomic E-state index is 0.0391. The van der Waals surface area contributed by atoms with E-state index in [9.17, 15) is 9.18 Å². The number of anilines is 1. The van der Waals surface area contributed by atoms with Crippen LogP contribution in [0.25, 0.3) is 0 Å². The van der Waals surface area contributed by atoms with Crippen LogP contribution in [0.2, 0.25) is 0 Å². The third-order valence-corrected chi connectivity index (χ3v) is 3.82. The van der Waals surface area contributed by atoms with Crippen molar-refractivity contribution in [1.82, 2.24) is 0 Å². The maximum atomic E-state index is 13.1. The summed E-state index contributed by atoms with van der Waals surface area (Å²) in [6.45, 7) is 0.426. The number of amides is 1. The Hall–Kier alpha value is -2.44. The summed E-state index contributed by atoms with van der Waals surface area (Å²) in [5, 5.41) is 2.81. The Kier molecular flexibility index (Phi) is 5.08. The highest BCUT2D eigenvalue weighted by Gasteiger charge is 2.29. The third kappa shape index (κ3) is 4.10. The smallest absolute Gasteiger partial charge is 0.253 e. The Morgan fingerprint density at radius 2 is 2.00 bits per heavy atom. The van der Waals surface area contributed by atoms with Crippen LogP contribution in [0.5, 0.6) is 11.5 Å². The molecular formula is C18H19FN2O3. The van der Waals surface area contributed by atoms with E-state index >= 15 is 0 Å². The predicted octanol–water partition coefficient (Wildman–Crippen LogP) is 3.06. The maximum Gasteiger partial charge on any atom is 0.253 e. The van der Waals surface area contributed by atoms with Crippen LogP contribution in [0, 0.1) is 5.82 Å². The molecule has 2 aromatic rings. The number of hydrogen-bond acceptors (Lipinski definition) is 4. The van der Waals surface area contributed by atoms with Gasteiger partial charge in [-0.15, -0.1) is 0 Å². The molecule has 0 saturated carbocycles. The summed E-state index contributed by atoms with van der Waals surface area (Å²) in [5.41, 5.74) is 6.19. The fraction of sp³-hybridized carbons (Fsp3) is 0.278. The zero-order valence-corrected chi connectivity index (χ0v) is 13.1. The van der Waals surface area contributed by atoms with Gasteiger partial charge in [-0.3, -0.25) is 4.79 Å². The molecule has 0 bridgehead atoms. The van der Waals surface area contributed by atoms with Crippen LogP contribution >= 0.6 is 0 Å². The molecule has 0 radical (unpaired) electrons. The number of hydrogen-bond donors (Lipinski definition) is 2. The van der Waals surface area contributed by atoms with E-state index in [0.717, 1.165) is 6.42 Å². The van der Waals surface area contributed by atoms with Crippen LogP contribution in [0.1, 0.15) is 12.8 Å². The van der Waals surface area contributed by atoms with Crippen molar-refractivity contribution >= 4 is 11.6 Å². The fourth-order valence-corrected chi connectivity index (χ4v) is 2.57. The number of carbonyl (C=O) groups is 1. The van der Waals surface area contributed by atoms with Gasteiger partial charge in [0.25, 0.3) is 5.91 Å². The highest BCUT2D eigenvalue weighted by atomic mass is 19.1. The fourth-order valence-electron chi connectivity index (χ4n) is 2.57. The summed E-state index contributed by atoms with van der Waals surface area (Å²) in [4.78, 5) is 12.1. The number of halogens is 1. The number of nitrogens with one attached hydrogen (secondary N) is 1. The molecule has 1 saturated heterocycles. The second-order valence-corrected chi connectivity index (χ2v) is 5.63. The van der Waals surface area contributed by atoms with Crippen molar-refractivity contribution in [3.63, 3.8) is 0 Å². The summed E-state index contributed by atoms with van der Waals surface area (Å²) in [6.07, 6.45) is 0.980. The molecule has 1 heterocycles. The zero-order chi connectivity index (χ0) is 16.9. The van der Waals surface area contributed by atoms with Crippen molar-refractivity contribution in [3.05, 3.63) is 54.3 Å². The van der Waals surface area contributed by atoms with E-state index in [1.54, 1.807) is 36.4 Å². The second kappa shape index (κ2) is 7.42. The molecule has 6 heteroatoms. The summed E-state index contributed by atoms with van der Waals surface area (Å²) in [7, 11) is 0. The van der Waals surface area contributed by atoms with Crippen LogP contribution in [0.4, 0.5) is 10.1 Å². The monoisotopic (exact) mass is 330 g/mol. The number of nitrogens with two attached hydrogens (primary N) is 1.